The molecule has 1 fully saturated rings. The third kappa shape index (κ3) is 5.66. The first-order chi connectivity index (χ1) is 13.0. The molecule has 2 aromatic carbocycles. The van der Waals surface area contributed by atoms with Crippen molar-refractivity contribution in [3.8, 4) is 0 Å². The average Bonchev–Trinajstić information content (AvgIpc) is 2.65. The molecule has 1 aliphatic rings. The maximum atomic E-state index is 12.2. The van der Waals surface area contributed by atoms with E-state index in [2.05, 4.69) is 33.5 Å². The lowest BCUT2D eigenvalue weighted by Gasteiger charge is -2.35. The Morgan fingerprint density at radius 2 is 1.74 bits per heavy atom. The zero-order chi connectivity index (χ0) is 19.2. The summed E-state index contributed by atoms with van der Waals surface area (Å²) in [6.07, 6.45) is 0.249. The fourth-order valence-corrected chi connectivity index (χ4v) is 3.36. The summed E-state index contributed by atoms with van der Waals surface area (Å²) in [6, 6.07) is 15.2. The van der Waals surface area contributed by atoms with Crippen LogP contribution in [-0.4, -0.2) is 49.1 Å². The number of anilines is 2. The summed E-state index contributed by atoms with van der Waals surface area (Å²) in [7, 11) is 2.13. The fraction of sp³-hybridized carbons (Fsp3) is 0.300. The summed E-state index contributed by atoms with van der Waals surface area (Å²) in [5, 5.41) is 6.87. The van der Waals surface area contributed by atoms with E-state index in [0.29, 0.717) is 10.1 Å². The minimum absolute atomic E-state index is 0.160. The van der Waals surface area contributed by atoms with Crippen LogP contribution in [0.4, 0.5) is 11.4 Å². The van der Waals surface area contributed by atoms with Gasteiger partial charge in [-0.15, -0.1) is 0 Å². The second-order valence-corrected chi connectivity index (χ2v) is 7.46. The van der Waals surface area contributed by atoms with E-state index >= 15 is 0 Å². The maximum absolute atomic E-state index is 12.2. The lowest BCUT2D eigenvalue weighted by molar-refractivity contribution is -0.119. The number of halogens is 1. The Balaban J connectivity index is 1.59. The molecule has 0 atom stereocenters. The summed E-state index contributed by atoms with van der Waals surface area (Å²) < 4.78 is 0. The second kappa shape index (κ2) is 9.17. The van der Waals surface area contributed by atoms with Gasteiger partial charge in [0.25, 0.3) is 0 Å². The van der Waals surface area contributed by atoms with Gasteiger partial charge in [0.1, 0.15) is 0 Å². The van der Waals surface area contributed by atoms with Crippen molar-refractivity contribution < 1.29 is 4.79 Å². The molecule has 142 valence electrons. The fourth-order valence-electron chi connectivity index (χ4n) is 3.01. The minimum atomic E-state index is -0.160. The highest BCUT2D eigenvalue weighted by Crippen LogP contribution is 2.26. The van der Waals surface area contributed by atoms with Crippen molar-refractivity contribution in [1.82, 2.24) is 10.2 Å². The first-order valence-electron chi connectivity index (χ1n) is 8.89. The van der Waals surface area contributed by atoms with Crippen molar-refractivity contribution >= 4 is 46.2 Å². The van der Waals surface area contributed by atoms with Crippen molar-refractivity contribution in [2.45, 2.75) is 6.42 Å². The second-order valence-electron chi connectivity index (χ2n) is 6.61. The normalized spacial score (nSPS) is 14.7. The van der Waals surface area contributed by atoms with Gasteiger partial charge in [0.15, 0.2) is 5.11 Å². The average molecular weight is 403 g/mol. The number of carbonyl (C=O) groups excluding carboxylic acids is 1. The van der Waals surface area contributed by atoms with Gasteiger partial charge in [-0.2, -0.15) is 0 Å². The quantitative estimate of drug-likeness (QED) is 0.769. The summed E-state index contributed by atoms with van der Waals surface area (Å²) in [6.45, 7) is 3.98. The van der Waals surface area contributed by atoms with Crippen molar-refractivity contribution in [2.75, 3.05) is 43.4 Å². The van der Waals surface area contributed by atoms with Crippen LogP contribution in [0, 0.1) is 0 Å². The van der Waals surface area contributed by atoms with Gasteiger partial charge in [0, 0.05) is 31.2 Å². The van der Waals surface area contributed by atoms with Crippen LogP contribution in [0.5, 0.6) is 0 Å². The number of hydrogen-bond donors (Lipinski definition) is 2. The first-order valence-corrected chi connectivity index (χ1v) is 9.67. The number of rotatable bonds is 4. The number of carbonyl (C=O) groups is 1. The molecule has 1 aliphatic heterocycles. The molecule has 0 aliphatic carbocycles. The number of hydrogen-bond acceptors (Lipinski definition) is 4. The topological polar surface area (TPSA) is 47.6 Å². The summed E-state index contributed by atoms with van der Waals surface area (Å²) in [5.41, 5.74) is 2.89. The number of benzene rings is 2. The van der Waals surface area contributed by atoms with E-state index in [1.54, 1.807) is 12.1 Å². The van der Waals surface area contributed by atoms with Crippen LogP contribution in [0.15, 0.2) is 48.5 Å². The van der Waals surface area contributed by atoms with Gasteiger partial charge < -0.3 is 20.4 Å². The number of nitrogens with one attached hydrogen (secondary N) is 2. The number of para-hydroxylation sites is 2. The maximum Gasteiger partial charge on any atom is 0.230 e. The highest BCUT2D eigenvalue weighted by Gasteiger charge is 2.17. The number of likely N-dealkylation sites (N-methyl/N-ethyl adjacent to an activating group) is 1. The van der Waals surface area contributed by atoms with Gasteiger partial charge in [-0.1, -0.05) is 35.9 Å². The van der Waals surface area contributed by atoms with Crippen LogP contribution in [-0.2, 0) is 11.2 Å². The largest absolute Gasteiger partial charge is 0.367 e. The van der Waals surface area contributed by atoms with Crippen LogP contribution < -0.4 is 15.5 Å². The lowest BCUT2D eigenvalue weighted by atomic mass is 10.1. The molecule has 0 spiro atoms. The molecule has 27 heavy (non-hydrogen) atoms. The number of piperazine rings is 1. The molecule has 1 saturated heterocycles. The predicted molar refractivity (Wildman–Crippen MR) is 116 cm³/mol. The van der Waals surface area contributed by atoms with E-state index in [4.69, 9.17) is 23.8 Å². The highest BCUT2D eigenvalue weighted by atomic mass is 35.5. The van der Waals surface area contributed by atoms with Crippen molar-refractivity contribution in [3.05, 3.63) is 59.1 Å². The third-order valence-corrected chi connectivity index (χ3v) is 4.98. The van der Waals surface area contributed by atoms with Crippen molar-refractivity contribution in [3.63, 3.8) is 0 Å². The molecule has 1 heterocycles. The molecule has 0 saturated carbocycles. The number of thiocarbonyl (C=S) groups is 1. The molecule has 5 nitrogen and oxygen atoms in total. The number of nitrogens with zero attached hydrogens (tertiary/aromatic N) is 2. The Morgan fingerprint density at radius 3 is 2.44 bits per heavy atom. The molecule has 0 bridgehead atoms. The molecular formula is C20H23ClN4OS. The van der Waals surface area contributed by atoms with Gasteiger partial charge in [-0.25, -0.2) is 0 Å². The lowest BCUT2D eigenvalue weighted by Crippen LogP contribution is -2.45. The van der Waals surface area contributed by atoms with E-state index in [9.17, 15) is 4.79 Å². The smallest absolute Gasteiger partial charge is 0.230 e. The third-order valence-electron chi connectivity index (χ3n) is 4.53. The molecule has 1 amide bonds. The van der Waals surface area contributed by atoms with E-state index in [-0.39, 0.29) is 12.3 Å². The van der Waals surface area contributed by atoms with Gasteiger partial charge in [0.05, 0.1) is 17.8 Å². The van der Waals surface area contributed by atoms with Gasteiger partial charge in [-0.3, -0.25) is 4.79 Å². The Bertz CT molecular complexity index is 804. The molecule has 0 radical (unpaired) electrons. The molecule has 3 rings (SSSR count). The highest BCUT2D eigenvalue weighted by molar-refractivity contribution is 7.80. The molecule has 0 aromatic heterocycles. The molecule has 2 N–H and O–H groups in total. The summed E-state index contributed by atoms with van der Waals surface area (Å²) in [4.78, 5) is 16.9. The SMILES string of the molecule is CN1CCN(c2ccccc2NC(=S)NC(=O)Cc2ccc(Cl)cc2)CC1. The van der Waals surface area contributed by atoms with Crippen molar-refractivity contribution in [2.24, 2.45) is 0 Å². The predicted octanol–water partition coefficient (Wildman–Crippen LogP) is 3.15. The Morgan fingerprint density at radius 1 is 1.07 bits per heavy atom. The zero-order valence-electron chi connectivity index (χ0n) is 15.2. The van der Waals surface area contributed by atoms with Gasteiger partial charge in [-0.05, 0) is 49.1 Å². The Hall–Kier alpha value is -2.15. The Labute approximate surface area is 170 Å². The Kier molecular flexibility index (Phi) is 6.66. The van der Waals surface area contributed by atoms with Crippen LogP contribution in [0.2, 0.25) is 5.02 Å². The minimum Gasteiger partial charge on any atom is -0.367 e. The van der Waals surface area contributed by atoms with E-state index < -0.39 is 0 Å². The number of amides is 1. The summed E-state index contributed by atoms with van der Waals surface area (Å²) >= 11 is 11.2. The van der Waals surface area contributed by atoms with Crippen LogP contribution >= 0.6 is 23.8 Å². The van der Waals surface area contributed by atoms with Crippen molar-refractivity contribution in [1.29, 1.82) is 0 Å². The first kappa shape index (κ1) is 19.6. The molecule has 7 heteroatoms. The molecular weight excluding hydrogens is 380 g/mol. The van der Waals surface area contributed by atoms with Gasteiger partial charge >= 0.3 is 0 Å². The van der Waals surface area contributed by atoms with E-state index in [0.717, 1.165) is 43.1 Å². The van der Waals surface area contributed by atoms with E-state index in [1.165, 1.54) is 0 Å². The van der Waals surface area contributed by atoms with Crippen LogP contribution in [0.25, 0.3) is 0 Å². The molecule has 2 aromatic rings. The van der Waals surface area contributed by atoms with Gasteiger partial charge in [0.2, 0.25) is 5.91 Å². The molecule has 0 unspecified atom stereocenters. The standard InChI is InChI=1S/C20H23ClN4OS/c1-24-10-12-25(13-11-24)18-5-3-2-4-17(18)22-20(27)23-19(26)14-15-6-8-16(21)9-7-15/h2-9H,10-14H2,1H3,(H2,22,23,26,27). The zero-order valence-corrected chi connectivity index (χ0v) is 16.8. The van der Waals surface area contributed by atoms with Crippen LogP contribution in [0.1, 0.15) is 5.56 Å². The summed E-state index contributed by atoms with van der Waals surface area (Å²) in [5.74, 6) is -0.160. The monoisotopic (exact) mass is 402 g/mol. The van der Waals surface area contributed by atoms with E-state index in [1.807, 2.05) is 30.3 Å². The van der Waals surface area contributed by atoms with Crippen LogP contribution in [0.3, 0.4) is 0 Å².